The van der Waals surface area contributed by atoms with E-state index in [2.05, 4.69) is 76.2 Å². The van der Waals surface area contributed by atoms with Gasteiger partial charge in [-0.3, -0.25) is 0 Å². The zero-order valence-corrected chi connectivity index (χ0v) is 20.7. The summed E-state index contributed by atoms with van der Waals surface area (Å²) in [5, 5.41) is 4.87. The van der Waals surface area contributed by atoms with Crippen molar-refractivity contribution < 1.29 is 4.74 Å². The fourth-order valence-corrected chi connectivity index (χ4v) is 10.6. The van der Waals surface area contributed by atoms with Crippen LogP contribution in [0.25, 0.3) is 10.8 Å². The molecule has 0 saturated carbocycles. The first-order valence-corrected chi connectivity index (χ1v) is 14.0. The van der Waals surface area contributed by atoms with E-state index in [1.54, 1.807) is 37.9 Å². The number of hydrogen-bond acceptors (Lipinski definition) is 1. The Bertz CT molecular complexity index is 973. The van der Waals surface area contributed by atoms with E-state index in [0.717, 1.165) is 5.75 Å². The molecular weight excluding hydrogens is 475 g/mol. The van der Waals surface area contributed by atoms with Gasteiger partial charge in [-0.1, -0.05) is 0 Å². The number of aryl methyl sites for hydroxylation is 2. The molecule has 146 valence electrons. The molecule has 0 aliphatic heterocycles. The third kappa shape index (κ3) is 3.73. The summed E-state index contributed by atoms with van der Waals surface area (Å²) in [4.78, 5) is 0. The molecule has 0 aromatic heterocycles. The monoisotopic (exact) mass is 506 g/mol. The summed E-state index contributed by atoms with van der Waals surface area (Å²) in [7, 11) is 1.57. The van der Waals surface area contributed by atoms with Gasteiger partial charge in [0.05, 0.1) is 0 Å². The minimum atomic E-state index is -0.435. The number of ether oxygens (including phenoxy) is 1. The van der Waals surface area contributed by atoms with Crippen LogP contribution in [0.3, 0.4) is 0 Å². The van der Waals surface area contributed by atoms with Crippen molar-refractivity contribution in [2.24, 2.45) is 0 Å². The van der Waals surface area contributed by atoms with Crippen molar-refractivity contribution in [3.63, 3.8) is 0 Å². The Morgan fingerprint density at radius 3 is 1.96 bits per heavy atom. The van der Waals surface area contributed by atoms with E-state index in [9.17, 15) is 0 Å². The molecule has 1 nitrogen and oxygen atoms in total. The number of benzene rings is 3. The van der Waals surface area contributed by atoms with Crippen LogP contribution in [0.5, 0.6) is 5.75 Å². The molecule has 1 aliphatic carbocycles. The molecule has 0 atom stereocenters. The van der Waals surface area contributed by atoms with Gasteiger partial charge < -0.3 is 0 Å². The van der Waals surface area contributed by atoms with Crippen molar-refractivity contribution in [1.29, 1.82) is 0 Å². The molecule has 0 fully saturated rings. The number of rotatable bonds is 6. The Morgan fingerprint density at radius 2 is 1.39 bits per heavy atom. The van der Waals surface area contributed by atoms with Gasteiger partial charge in [0, 0.05) is 0 Å². The van der Waals surface area contributed by atoms with Gasteiger partial charge in [-0.15, -0.1) is 0 Å². The van der Waals surface area contributed by atoms with Crippen molar-refractivity contribution in [2.75, 3.05) is 7.11 Å². The van der Waals surface area contributed by atoms with Gasteiger partial charge >= 0.3 is 181 Å². The average molecular weight is 504 g/mol. The van der Waals surface area contributed by atoms with E-state index in [-0.39, 0.29) is 7.92 Å². The predicted octanol–water partition coefficient (Wildman–Crippen LogP) is 4.53. The molecule has 3 aromatic carbocycles. The minimum absolute atomic E-state index is 0.168. The number of hydrogen-bond donors (Lipinski definition) is 0. The van der Waals surface area contributed by atoms with E-state index in [0.29, 0.717) is 11.3 Å². The standard InChI is InChI=1S/C25H29OPTe/c1-16(2)27(17(3)4)22-14-8-18-6-7-19-9-15-23(25(22)24(18)19)28-21-12-10-20(26-5)11-13-21/h8-17H,6-7H2,1-5H3. The van der Waals surface area contributed by atoms with Crippen molar-refractivity contribution in [3.05, 3.63) is 59.7 Å². The summed E-state index contributed by atoms with van der Waals surface area (Å²) in [6.45, 7) is 9.65. The molecule has 0 bridgehead atoms. The molecular formula is C25H29OPTe. The normalized spacial score (nSPS) is 13.3. The Hall–Kier alpha value is -1.06. The van der Waals surface area contributed by atoms with Crippen LogP contribution in [0.4, 0.5) is 0 Å². The first-order chi connectivity index (χ1) is 13.5. The molecule has 0 radical (unpaired) electrons. The fraction of sp³-hybridized carbons (Fsp3) is 0.360. The first kappa shape index (κ1) is 20.2. The summed E-state index contributed by atoms with van der Waals surface area (Å²) >= 11 is -0.435. The van der Waals surface area contributed by atoms with Crippen LogP contribution in [0, 0.1) is 0 Å². The molecule has 1 aliphatic rings. The van der Waals surface area contributed by atoms with Crippen molar-refractivity contribution >= 4 is 52.1 Å². The van der Waals surface area contributed by atoms with E-state index in [1.807, 2.05) is 0 Å². The van der Waals surface area contributed by atoms with Gasteiger partial charge in [-0.05, 0) is 0 Å². The van der Waals surface area contributed by atoms with Gasteiger partial charge in [0.15, 0.2) is 0 Å². The Morgan fingerprint density at radius 1 is 0.786 bits per heavy atom. The molecule has 0 heterocycles. The third-order valence-electron chi connectivity index (χ3n) is 5.61. The van der Waals surface area contributed by atoms with E-state index < -0.39 is 20.9 Å². The van der Waals surface area contributed by atoms with Gasteiger partial charge in [0.1, 0.15) is 0 Å². The zero-order chi connectivity index (χ0) is 19.8. The van der Waals surface area contributed by atoms with Crippen LogP contribution in [-0.4, -0.2) is 39.4 Å². The Kier molecular flexibility index (Phi) is 6.04. The average Bonchev–Trinajstić information content (AvgIpc) is 3.09. The van der Waals surface area contributed by atoms with Gasteiger partial charge in [0.2, 0.25) is 0 Å². The van der Waals surface area contributed by atoms with Crippen LogP contribution in [0.1, 0.15) is 38.8 Å². The molecule has 28 heavy (non-hydrogen) atoms. The topological polar surface area (TPSA) is 9.23 Å². The molecule has 3 aromatic rings. The quantitative estimate of drug-likeness (QED) is 0.355. The second-order valence-corrected chi connectivity index (χ2v) is 14.6. The maximum absolute atomic E-state index is 5.35. The molecule has 0 spiro atoms. The maximum atomic E-state index is 5.35. The van der Waals surface area contributed by atoms with Gasteiger partial charge in [-0.2, -0.15) is 0 Å². The molecule has 0 amide bonds. The van der Waals surface area contributed by atoms with Crippen molar-refractivity contribution in [3.8, 4) is 5.75 Å². The Balaban J connectivity index is 1.89. The summed E-state index contributed by atoms with van der Waals surface area (Å²) in [5.74, 6) is 0.945. The van der Waals surface area contributed by atoms with Crippen molar-refractivity contribution in [1.82, 2.24) is 0 Å². The predicted molar refractivity (Wildman–Crippen MR) is 126 cm³/mol. The SMILES string of the molecule is COc1ccc([Te]c2ccc3c4c(ccc(P(C(C)C)C(C)C)c24)CC3)cc1. The van der Waals surface area contributed by atoms with Crippen LogP contribution >= 0.6 is 7.92 Å². The second-order valence-electron chi connectivity index (χ2n) is 8.09. The second kappa shape index (κ2) is 8.36. The van der Waals surface area contributed by atoms with Crippen LogP contribution in [0.2, 0.25) is 0 Å². The molecule has 4 rings (SSSR count). The number of methoxy groups -OCH3 is 1. The molecule has 0 unspecified atom stereocenters. The summed E-state index contributed by atoms with van der Waals surface area (Å²) < 4.78 is 8.44. The summed E-state index contributed by atoms with van der Waals surface area (Å²) in [5.41, 5.74) is 4.56. The van der Waals surface area contributed by atoms with Gasteiger partial charge in [0.25, 0.3) is 0 Å². The Labute approximate surface area is 180 Å². The molecule has 3 heteroatoms. The van der Waals surface area contributed by atoms with E-state index >= 15 is 0 Å². The first-order valence-electron chi connectivity index (χ1n) is 10.2. The van der Waals surface area contributed by atoms with Crippen LogP contribution in [0.15, 0.2) is 48.5 Å². The van der Waals surface area contributed by atoms with E-state index in [4.69, 9.17) is 4.74 Å². The van der Waals surface area contributed by atoms with E-state index in [1.165, 1.54) is 16.5 Å². The molecule has 0 N–H and O–H groups in total. The third-order valence-corrected chi connectivity index (χ3v) is 11.8. The zero-order valence-electron chi connectivity index (χ0n) is 17.5. The molecule has 0 saturated heterocycles. The van der Waals surface area contributed by atoms with Gasteiger partial charge in [-0.25, -0.2) is 0 Å². The van der Waals surface area contributed by atoms with Crippen LogP contribution < -0.4 is 17.3 Å². The van der Waals surface area contributed by atoms with Crippen molar-refractivity contribution in [2.45, 2.75) is 51.9 Å². The van der Waals surface area contributed by atoms with Crippen LogP contribution in [-0.2, 0) is 12.8 Å². The summed E-state index contributed by atoms with van der Waals surface area (Å²) in [6.07, 6.45) is 2.42. The summed E-state index contributed by atoms with van der Waals surface area (Å²) in [6, 6.07) is 18.5. The fourth-order valence-electron chi connectivity index (χ4n) is 4.50.